The maximum Gasteiger partial charge on any atom is 0.136 e. The van der Waals surface area contributed by atoms with E-state index in [1.54, 1.807) is 0 Å². The summed E-state index contributed by atoms with van der Waals surface area (Å²) in [5.74, 6) is 1.81. The molecule has 0 aliphatic carbocycles. The minimum absolute atomic E-state index is 0.898. The van der Waals surface area contributed by atoms with Crippen molar-refractivity contribution in [1.29, 1.82) is 0 Å². The van der Waals surface area contributed by atoms with E-state index in [1.165, 1.54) is 92.5 Å². The van der Waals surface area contributed by atoms with Crippen molar-refractivity contribution >= 4 is 64.6 Å². The molecule has 0 aromatic heterocycles. The Kier molecular flexibility index (Phi) is 5.45. The highest BCUT2D eigenvalue weighted by atomic mass is 16.5. The van der Waals surface area contributed by atoms with Crippen LogP contribution in [0.2, 0.25) is 0 Å². The summed E-state index contributed by atoms with van der Waals surface area (Å²) in [7, 11) is 0. The summed E-state index contributed by atoms with van der Waals surface area (Å²) in [4.78, 5) is 0. The Morgan fingerprint density at radius 1 is 0.265 bits per heavy atom. The van der Waals surface area contributed by atoms with E-state index in [-0.39, 0.29) is 0 Å². The molecule has 0 atom stereocenters. The van der Waals surface area contributed by atoms with Crippen molar-refractivity contribution in [3.8, 4) is 44.9 Å². The number of hydrogen-bond donors (Lipinski definition) is 0. The van der Waals surface area contributed by atoms with Gasteiger partial charge in [0.15, 0.2) is 0 Å². The fraction of sp³-hybridized carbons (Fsp3) is 0. The number of ether oxygens (including phenoxy) is 1. The lowest BCUT2D eigenvalue weighted by Crippen LogP contribution is -2.00. The fourth-order valence-electron chi connectivity index (χ4n) is 8.60. The van der Waals surface area contributed by atoms with Gasteiger partial charge in [0.1, 0.15) is 11.5 Å². The van der Waals surface area contributed by atoms with Gasteiger partial charge in [-0.25, -0.2) is 0 Å². The van der Waals surface area contributed by atoms with Crippen LogP contribution in [0.15, 0.2) is 170 Å². The van der Waals surface area contributed by atoms with Crippen LogP contribution >= 0.6 is 0 Å². The van der Waals surface area contributed by atoms with Crippen LogP contribution in [0.5, 0.6) is 11.5 Å². The molecule has 1 nitrogen and oxygen atoms in total. The maximum atomic E-state index is 6.99. The third kappa shape index (κ3) is 3.70. The second-order valence-electron chi connectivity index (χ2n) is 13.1. The van der Waals surface area contributed by atoms with E-state index < -0.39 is 0 Å². The van der Waals surface area contributed by atoms with E-state index in [4.69, 9.17) is 4.74 Å². The lowest BCUT2D eigenvalue weighted by atomic mass is 9.82. The fourth-order valence-corrected chi connectivity index (χ4v) is 8.60. The minimum atomic E-state index is 0.898. The zero-order chi connectivity index (χ0) is 32.1. The predicted octanol–water partition coefficient (Wildman–Crippen LogP) is 13.7. The Morgan fingerprint density at radius 2 is 0.735 bits per heavy atom. The van der Waals surface area contributed by atoms with Gasteiger partial charge in [-0.1, -0.05) is 158 Å². The SMILES string of the molecule is c1ccc2c(-c3c4ccccc4c(-c4cc5c(c6ccccc46)-c4cccc6c4c(cc4ccccc46)O5)c4ccccc34)cccc2c1. The second-order valence-corrected chi connectivity index (χ2v) is 13.1. The van der Waals surface area contributed by atoms with Gasteiger partial charge in [-0.05, 0) is 99.2 Å². The molecule has 0 amide bonds. The molecule has 0 unspecified atom stereocenters. The van der Waals surface area contributed by atoms with Crippen LogP contribution in [0, 0.1) is 0 Å². The van der Waals surface area contributed by atoms with Gasteiger partial charge in [-0.15, -0.1) is 0 Å². The highest BCUT2D eigenvalue weighted by molar-refractivity contribution is 6.27. The molecule has 11 rings (SSSR count). The summed E-state index contributed by atoms with van der Waals surface area (Å²) in [6, 6.07) is 61.9. The molecule has 0 bridgehead atoms. The first-order valence-electron chi connectivity index (χ1n) is 16.9. The van der Waals surface area contributed by atoms with Crippen LogP contribution in [-0.2, 0) is 0 Å². The first kappa shape index (κ1) is 26.6. The summed E-state index contributed by atoms with van der Waals surface area (Å²) in [6.45, 7) is 0. The van der Waals surface area contributed by atoms with Gasteiger partial charge in [0.05, 0.1) is 0 Å². The van der Waals surface area contributed by atoms with Crippen LogP contribution in [0.3, 0.4) is 0 Å². The maximum absolute atomic E-state index is 6.99. The molecule has 0 fully saturated rings. The molecule has 0 N–H and O–H groups in total. The highest BCUT2D eigenvalue weighted by Crippen LogP contribution is 2.54. The van der Waals surface area contributed by atoms with Crippen molar-refractivity contribution in [2.75, 3.05) is 0 Å². The quantitative estimate of drug-likeness (QED) is 0.138. The van der Waals surface area contributed by atoms with Gasteiger partial charge < -0.3 is 4.74 Å². The highest BCUT2D eigenvalue weighted by Gasteiger charge is 2.27. The number of fused-ring (bicyclic) bond motifs is 9. The van der Waals surface area contributed by atoms with Crippen LogP contribution in [0.4, 0.5) is 0 Å². The van der Waals surface area contributed by atoms with Crippen LogP contribution < -0.4 is 4.74 Å². The van der Waals surface area contributed by atoms with Crippen LogP contribution in [0.25, 0.3) is 98.0 Å². The zero-order valence-electron chi connectivity index (χ0n) is 26.6. The minimum Gasteiger partial charge on any atom is -0.456 e. The number of rotatable bonds is 2. The standard InChI is InChI=1S/C48H28O/c1-3-16-31-29(13-1)15-11-24-34(31)45-37-20-7-9-22-39(37)46(40-23-10-8-21-38(40)45)42-28-44-48(36-19-6-5-18-33(36)42)41-26-12-25-35-32-17-4-2-14-30(32)27-43(49-44)47(35)41/h1-28H. The monoisotopic (exact) mass is 620 g/mol. The summed E-state index contributed by atoms with van der Waals surface area (Å²) in [5, 5.41) is 14.7. The van der Waals surface area contributed by atoms with Crippen molar-refractivity contribution in [2.24, 2.45) is 0 Å². The van der Waals surface area contributed by atoms with Crippen molar-refractivity contribution in [2.45, 2.75) is 0 Å². The van der Waals surface area contributed by atoms with Crippen molar-refractivity contribution in [3.63, 3.8) is 0 Å². The lowest BCUT2D eigenvalue weighted by Gasteiger charge is -2.26. The van der Waals surface area contributed by atoms with E-state index in [0.29, 0.717) is 0 Å². The summed E-state index contributed by atoms with van der Waals surface area (Å²) in [6.07, 6.45) is 0. The van der Waals surface area contributed by atoms with Gasteiger partial charge in [-0.2, -0.15) is 0 Å². The molecule has 0 saturated carbocycles. The number of hydrogen-bond acceptors (Lipinski definition) is 1. The first-order valence-corrected chi connectivity index (χ1v) is 16.9. The van der Waals surface area contributed by atoms with Crippen LogP contribution in [0.1, 0.15) is 0 Å². The van der Waals surface area contributed by atoms with Crippen molar-refractivity contribution in [1.82, 2.24) is 0 Å². The summed E-state index contributed by atoms with van der Waals surface area (Å²) in [5.41, 5.74) is 7.34. The second kappa shape index (κ2) is 10.0. The topological polar surface area (TPSA) is 9.23 Å². The van der Waals surface area contributed by atoms with E-state index in [0.717, 1.165) is 17.1 Å². The molecule has 1 aliphatic rings. The average Bonchev–Trinajstić information content (AvgIpc) is 3.16. The molecule has 1 heteroatoms. The molecular formula is C48H28O. The Labute approximate surface area is 283 Å². The van der Waals surface area contributed by atoms with Crippen LogP contribution in [-0.4, -0.2) is 0 Å². The molecule has 10 aromatic carbocycles. The van der Waals surface area contributed by atoms with Gasteiger partial charge in [0, 0.05) is 10.9 Å². The predicted molar refractivity (Wildman–Crippen MR) is 208 cm³/mol. The van der Waals surface area contributed by atoms with Gasteiger partial charge in [-0.3, -0.25) is 0 Å². The Balaban J connectivity index is 1.27. The van der Waals surface area contributed by atoms with E-state index in [9.17, 15) is 0 Å². The van der Waals surface area contributed by atoms with E-state index in [2.05, 4.69) is 170 Å². The summed E-state index contributed by atoms with van der Waals surface area (Å²) >= 11 is 0. The van der Waals surface area contributed by atoms with E-state index >= 15 is 0 Å². The third-order valence-corrected chi connectivity index (χ3v) is 10.6. The molecule has 226 valence electrons. The molecule has 0 spiro atoms. The summed E-state index contributed by atoms with van der Waals surface area (Å²) < 4.78 is 6.99. The zero-order valence-corrected chi connectivity index (χ0v) is 26.6. The lowest BCUT2D eigenvalue weighted by molar-refractivity contribution is 0.488. The van der Waals surface area contributed by atoms with Crippen molar-refractivity contribution in [3.05, 3.63) is 170 Å². The normalized spacial score (nSPS) is 12.2. The van der Waals surface area contributed by atoms with Gasteiger partial charge >= 0.3 is 0 Å². The van der Waals surface area contributed by atoms with E-state index in [1.807, 2.05) is 0 Å². The van der Waals surface area contributed by atoms with Gasteiger partial charge in [0.25, 0.3) is 0 Å². The first-order chi connectivity index (χ1) is 24.3. The number of benzene rings is 10. The average molecular weight is 621 g/mol. The smallest absolute Gasteiger partial charge is 0.136 e. The Hall–Kier alpha value is -6.44. The molecule has 10 aromatic rings. The molecule has 0 radical (unpaired) electrons. The van der Waals surface area contributed by atoms with Crippen molar-refractivity contribution < 1.29 is 4.74 Å². The molecular weight excluding hydrogens is 593 g/mol. The molecule has 49 heavy (non-hydrogen) atoms. The Morgan fingerprint density at radius 3 is 1.43 bits per heavy atom. The third-order valence-electron chi connectivity index (χ3n) is 10.6. The van der Waals surface area contributed by atoms with Gasteiger partial charge in [0.2, 0.25) is 0 Å². The Bertz CT molecular complexity index is 2960. The molecule has 0 saturated heterocycles. The molecule has 1 aliphatic heterocycles. The largest absolute Gasteiger partial charge is 0.456 e. The molecule has 1 heterocycles.